The first-order valence-electron chi connectivity index (χ1n) is 5.17. The van der Waals surface area contributed by atoms with Crippen molar-refractivity contribution in [3.63, 3.8) is 0 Å². The van der Waals surface area contributed by atoms with Crippen LogP contribution < -0.4 is 5.32 Å². The van der Waals surface area contributed by atoms with Gasteiger partial charge in [0, 0.05) is 6.54 Å². The van der Waals surface area contributed by atoms with Crippen LogP contribution in [0.25, 0.3) is 0 Å². The normalized spacial score (nSPS) is 36.8. The maximum atomic E-state index is 5.28. The van der Waals surface area contributed by atoms with E-state index in [9.17, 15) is 0 Å². The third kappa shape index (κ3) is 2.20. The Morgan fingerprint density at radius 2 is 2.00 bits per heavy atom. The Labute approximate surface area is 74.7 Å². The zero-order chi connectivity index (χ0) is 8.44. The first-order valence-corrected chi connectivity index (χ1v) is 5.17. The Bertz CT molecular complexity index is 148. The molecule has 0 aromatic rings. The van der Waals surface area contributed by atoms with Crippen LogP contribution >= 0.6 is 0 Å². The molecule has 2 nitrogen and oxygen atoms in total. The number of epoxide rings is 1. The number of ether oxygens (including phenoxy) is 1. The quantitative estimate of drug-likeness (QED) is 0.653. The average molecular weight is 169 g/mol. The fourth-order valence-corrected chi connectivity index (χ4v) is 1.96. The van der Waals surface area contributed by atoms with Crippen LogP contribution in [0.2, 0.25) is 0 Å². The van der Waals surface area contributed by atoms with E-state index in [0.29, 0.717) is 0 Å². The summed E-state index contributed by atoms with van der Waals surface area (Å²) >= 11 is 0. The van der Waals surface area contributed by atoms with E-state index in [0.717, 1.165) is 19.1 Å². The minimum absolute atomic E-state index is 0.0530. The number of nitrogens with one attached hydrogen (secondary N) is 1. The Morgan fingerprint density at radius 3 is 2.58 bits per heavy atom. The molecule has 0 aromatic heterocycles. The van der Waals surface area contributed by atoms with E-state index >= 15 is 0 Å². The van der Waals surface area contributed by atoms with E-state index < -0.39 is 0 Å². The van der Waals surface area contributed by atoms with Crippen molar-refractivity contribution < 1.29 is 4.74 Å². The molecule has 1 saturated heterocycles. The molecule has 2 aliphatic rings. The van der Waals surface area contributed by atoms with Gasteiger partial charge < -0.3 is 4.74 Å². The monoisotopic (exact) mass is 169 g/mol. The first kappa shape index (κ1) is 8.52. The molecule has 1 aliphatic heterocycles. The number of hydrogen-bond acceptors (Lipinski definition) is 2. The molecule has 70 valence electrons. The summed E-state index contributed by atoms with van der Waals surface area (Å²) in [5.41, 5.74) is 0.0530. The van der Waals surface area contributed by atoms with Gasteiger partial charge in [-0.15, -0.1) is 0 Å². The molecule has 1 aliphatic carbocycles. The zero-order valence-electron chi connectivity index (χ0n) is 7.94. The summed E-state index contributed by atoms with van der Waals surface area (Å²) < 4.78 is 5.28. The van der Waals surface area contributed by atoms with Crippen LogP contribution in [0.15, 0.2) is 0 Å². The van der Waals surface area contributed by atoms with Gasteiger partial charge in [0.1, 0.15) is 5.72 Å². The van der Waals surface area contributed by atoms with Gasteiger partial charge in [-0.1, -0.05) is 19.3 Å². The van der Waals surface area contributed by atoms with Crippen molar-refractivity contribution in [3.8, 4) is 0 Å². The molecule has 2 rings (SSSR count). The number of rotatable bonds is 3. The van der Waals surface area contributed by atoms with Crippen molar-refractivity contribution in [3.05, 3.63) is 0 Å². The molecule has 0 radical (unpaired) electrons. The molecule has 0 spiro atoms. The molecular weight excluding hydrogens is 150 g/mol. The molecule has 0 aromatic carbocycles. The average Bonchev–Trinajstić information content (AvgIpc) is 2.84. The lowest BCUT2D eigenvalue weighted by molar-refractivity contribution is 0.244. The molecule has 1 saturated carbocycles. The van der Waals surface area contributed by atoms with E-state index in [1.165, 1.54) is 32.1 Å². The zero-order valence-corrected chi connectivity index (χ0v) is 7.94. The van der Waals surface area contributed by atoms with Gasteiger partial charge in [0.25, 0.3) is 0 Å². The van der Waals surface area contributed by atoms with Gasteiger partial charge in [-0.3, -0.25) is 5.32 Å². The lowest BCUT2D eigenvalue weighted by atomic mass is 9.89. The summed E-state index contributed by atoms with van der Waals surface area (Å²) in [6.07, 6.45) is 7.16. The second-order valence-corrected chi connectivity index (χ2v) is 4.40. The fourth-order valence-electron chi connectivity index (χ4n) is 1.96. The topological polar surface area (TPSA) is 24.6 Å². The molecule has 1 atom stereocenters. The summed E-state index contributed by atoms with van der Waals surface area (Å²) in [7, 11) is 0. The fraction of sp³-hybridized carbons (Fsp3) is 1.00. The maximum Gasteiger partial charge on any atom is 0.140 e. The highest BCUT2D eigenvalue weighted by Crippen LogP contribution is 2.26. The van der Waals surface area contributed by atoms with Crippen LogP contribution in [0, 0.1) is 5.92 Å². The van der Waals surface area contributed by atoms with Crippen molar-refractivity contribution in [2.45, 2.75) is 44.8 Å². The molecule has 1 heterocycles. The second-order valence-electron chi connectivity index (χ2n) is 4.40. The maximum absolute atomic E-state index is 5.28. The van der Waals surface area contributed by atoms with Gasteiger partial charge in [0.05, 0.1) is 6.61 Å². The minimum atomic E-state index is 0.0530. The summed E-state index contributed by atoms with van der Waals surface area (Å²) in [6, 6.07) is 0. The van der Waals surface area contributed by atoms with Crippen LogP contribution in [0.5, 0.6) is 0 Å². The van der Waals surface area contributed by atoms with Gasteiger partial charge in [-0.25, -0.2) is 0 Å². The summed E-state index contributed by atoms with van der Waals surface area (Å²) in [5.74, 6) is 0.916. The third-order valence-corrected chi connectivity index (χ3v) is 3.07. The predicted molar refractivity (Wildman–Crippen MR) is 48.9 cm³/mol. The molecule has 2 fully saturated rings. The van der Waals surface area contributed by atoms with Gasteiger partial charge >= 0.3 is 0 Å². The van der Waals surface area contributed by atoms with Crippen LogP contribution in [-0.2, 0) is 4.74 Å². The highest BCUT2D eigenvalue weighted by Gasteiger charge is 2.38. The van der Waals surface area contributed by atoms with E-state index in [1.54, 1.807) is 0 Å². The molecule has 0 bridgehead atoms. The molecule has 0 amide bonds. The Morgan fingerprint density at radius 1 is 1.33 bits per heavy atom. The lowest BCUT2D eigenvalue weighted by Gasteiger charge is -2.22. The molecule has 2 heteroatoms. The molecular formula is C10H19NO. The third-order valence-electron chi connectivity index (χ3n) is 3.07. The smallest absolute Gasteiger partial charge is 0.140 e. The number of hydrogen-bond donors (Lipinski definition) is 1. The van der Waals surface area contributed by atoms with Crippen molar-refractivity contribution in [2.24, 2.45) is 5.92 Å². The van der Waals surface area contributed by atoms with Gasteiger partial charge in [-0.2, -0.15) is 0 Å². The van der Waals surface area contributed by atoms with E-state index in [1.807, 2.05) is 0 Å². The minimum Gasteiger partial charge on any atom is -0.354 e. The first-order chi connectivity index (χ1) is 5.79. The Balaban J connectivity index is 1.65. The molecule has 1 unspecified atom stereocenters. The van der Waals surface area contributed by atoms with Crippen molar-refractivity contribution in [2.75, 3.05) is 13.2 Å². The van der Waals surface area contributed by atoms with Crippen molar-refractivity contribution >= 4 is 0 Å². The van der Waals surface area contributed by atoms with Crippen LogP contribution in [0.3, 0.4) is 0 Å². The largest absolute Gasteiger partial charge is 0.354 e. The Kier molecular flexibility index (Phi) is 2.37. The van der Waals surface area contributed by atoms with Crippen molar-refractivity contribution in [1.82, 2.24) is 5.32 Å². The predicted octanol–water partition coefficient (Wildman–Crippen LogP) is 1.90. The second kappa shape index (κ2) is 3.35. The lowest BCUT2D eigenvalue weighted by Crippen LogP contribution is -2.34. The summed E-state index contributed by atoms with van der Waals surface area (Å²) in [5, 5.41) is 3.48. The molecule has 12 heavy (non-hydrogen) atoms. The van der Waals surface area contributed by atoms with Crippen LogP contribution in [-0.4, -0.2) is 18.9 Å². The van der Waals surface area contributed by atoms with Gasteiger partial charge in [0.15, 0.2) is 0 Å². The SMILES string of the molecule is CC1(NCC2CCCCC2)CO1. The summed E-state index contributed by atoms with van der Waals surface area (Å²) in [4.78, 5) is 0. The standard InChI is InChI=1S/C10H19NO/c1-10(8-12-10)11-7-9-5-3-2-4-6-9/h9,11H,2-8H2,1H3. The van der Waals surface area contributed by atoms with Gasteiger partial charge in [0.2, 0.25) is 0 Å². The van der Waals surface area contributed by atoms with Gasteiger partial charge in [-0.05, 0) is 25.7 Å². The van der Waals surface area contributed by atoms with Crippen LogP contribution in [0.4, 0.5) is 0 Å². The van der Waals surface area contributed by atoms with Crippen molar-refractivity contribution in [1.29, 1.82) is 0 Å². The molecule has 1 N–H and O–H groups in total. The van der Waals surface area contributed by atoms with Crippen LogP contribution in [0.1, 0.15) is 39.0 Å². The summed E-state index contributed by atoms with van der Waals surface area (Å²) in [6.45, 7) is 4.20. The van der Waals surface area contributed by atoms with E-state index in [-0.39, 0.29) is 5.72 Å². The van der Waals surface area contributed by atoms with E-state index in [2.05, 4.69) is 12.2 Å². The Hall–Kier alpha value is -0.0800. The highest BCUT2D eigenvalue weighted by atomic mass is 16.6. The highest BCUT2D eigenvalue weighted by molar-refractivity contribution is 4.85. The van der Waals surface area contributed by atoms with E-state index in [4.69, 9.17) is 4.74 Å².